The number of para-hydroxylation sites is 1. The topological polar surface area (TPSA) is 61.7 Å². The lowest BCUT2D eigenvalue weighted by atomic mass is 10.0. The molecule has 0 fully saturated rings. The molecule has 6 heteroatoms. The number of halogens is 1. The van der Waals surface area contributed by atoms with Crippen molar-refractivity contribution >= 4 is 29.1 Å². The van der Waals surface area contributed by atoms with Crippen molar-refractivity contribution in [2.45, 2.75) is 39.9 Å². The van der Waals surface area contributed by atoms with Gasteiger partial charge in [-0.05, 0) is 36.8 Å². The van der Waals surface area contributed by atoms with Crippen molar-refractivity contribution in [2.75, 3.05) is 18.0 Å². The van der Waals surface area contributed by atoms with Crippen LogP contribution in [-0.4, -0.2) is 22.8 Å². The molecule has 146 valence electrons. The first-order valence-corrected chi connectivity index (χ1v) is 10.3. The molecule has 0 saturated heterocycles. The van der Waals surface area contributed by atoms with Crippen LogP contribution in [0.2, 0.25) is 5.02 Å². The standard InChI is InChI=1S/C14H12ClNO2S.C2H6O.2C2H6/c15-9-5-6-12-11(7-9)14(19-8-18-16-12)10-3-1-2-4-13(10)17;1-2-3;2*1-2/h1-7,14,16-17H,8H2;3H,2H2,1H3;2*1-2H3/t14-;;;/m1.../s1. The molecule has 0 radical (unpaired) electrons. The zero-order valence-electron chi connectivity index (χ0n) is 16.1. The van der Waals surface area contributed by atoms with Crippen molar-refractivity contribution in [3.8, 4) is 5.75 Å². The maximum Gasteiger partial charge on any atom is 0.121 e. The van der Waals surface area contributed by atoms with Gasteiger partial charge in [-0.3, -0.25) is 10.3 Å². The number of phenols is 1. The lowest BCUT2D eigenvalue weighted by Crippen LogP contribution is -2.00. The monoisotopic (exact) mass is 399 g/mol. The van der Waals surface area contributed by atoms with Gasteiger partial charge in [-0.2, -0.15) is 0 Å². The van der Waals surface area contributed by atoms with Crippen LogP contribution in [0, 0.1) is 0 Å². The zero-order valence-corrected chi connectivity index (χ0v) is 17.7. The van der Waals surface area contributed by atoms with Crippen LogP contribution in [0.15, 0.2) is 42.5 Å². The lowest BCUT2D eigenvalue weighted by Gasteiger charge is -2.17. The molecule has 3 N–H and O–H groups in total. The van der Waals surface area contributed by atoms with Crippen molar-refractivity contribution < 1.29 is 15.1 Å². The summed E-state index contributed by atoms with van der Waals surface area (Å²) in [6.45, 7) is 9.93. The normalized spacial score (nSPS) is 14.5. The van der Waals surface area contributed by atoms with E-state index < -0.39 is 0 Å². The predicted molar refractivity (Wildman–Crippen MR) is 114 cm³/mol. The Bertz CT molecular complexity index is 626. The second-order valence-corrected chi connectivity index (χ2v) is 5.99. The molecule has 2 aromatic rings. The van der Waals surface area contributed by atoms with Gasteiger partial charge in [-0.15, -0.1) is 11.8 Å². The van der Waals surface area contributed by atoms with E-state index in [1.165, 1.54) is 0 Å². The number of anilines is 1. The average molecular weight is 400 g/mol. The third-order valence-corrected chi connectivity index (χ3v) is 4.32. The Hall–Kier alpha value is -1.40. The van der Waals surface area contributed by atoms with Crippen molar-refractivity contribution in [3.63, 3.8) is 0 Å². The molecule has 4 nitrogen and oxygen atoms in total. The number of fused-ring (bicyclic) bond motifs is 1. The van der Waals surface area contributed by atoms with Gasteiger partial charge in [0.2, 0.25) is 0 Å². The molecule has 1 heterocycles. The fourth-order valence-electron chi connectivity index (χ4n) is 2.11. The first-order chi connectivity index (χ1) is 12.7. The minimum absolute atomic E-state index is 0.00935. The highest BCUT2D eigenvalue weighted by Crippen LogP contribution is 2.44. The first kappa shape index (κ1) is 24.6. The summed E-state index contributed by atoms with van der Waals surface area (Å²) in [4.78, 5) is 5.34. The van der Waals surface area contributed by atoms with Gasteiger partial charge in [0.1, 0.15) is 11.7 Å². The summed E-state index contributed by atoms with van der Waals surface area (Å²) >= 11 is 7.68. The van der Waals surface area contributed by atoms with Gasteiger partial charge in [-0.25, -0.2) is 0 Å². The van der Waals surface area contributed by atoms with Crippen molar-refractivity contribution in [2.24, 2.45) is 0 Å². The number of aromatic hydroxyl groups is 1. The van der Waals surface area contributed by atoms with E-state index in [1.54, 1.807) is 24.8 Å². The Morgan fingerprint density at radius 1 is 1.12 bits per heavy atom. The predicted octanol–water partition coefficient (Wildman–Crippen LogP) is 6.23. The maximum atomic E-state index is 10.0. The molecule has 2 aromatic carbocycles. The van der Waals surface area contributed by atoms with Gasteiger partial charge in [0.15, 0.2) is 0 Å². The van der Waals surface area contributed by atoms with E-state index in [4.69, 9.17) is 21.5 Å². The number of hydrogen-bond acceptors (Lipinski definition) is 5. The second-order valence-electron chi connectivity index (χ2n) is 4.52. The SMILES string of the molecule is CC.CC.CCO.Oc1ccccc1[C@H]1SCONc2ccc(Cl)cc21. The molecular weight excluding hydrogens is 370 g/mol. The fraction of sp³-hybridized carbons (Fsp3) is 0.400. The van der Waals surface area contributed by atoms with Crippen molar-refractivity contribution in [1.82, 2.24) is 0 Å². The lowest BCUT2D eigenvalue weighted by molar-refractivity contribution is 0.254. The highest BCUT2D eigenvalue weighted by Gasteiger charge is 2.23. The largest absolute Gasteiger partial charge is 0.508 e. The molecule has 1 aliphatic heterocycles. The van der Waals surface area contributed by atoms with Crippen LogP contribution in [0.4, 0.5) is 5.69 Å². The van der Waals surface area contributed by atoms with E-state index in [9.17, 15) is 5.11 Å². The first-order valence-electron chi connectivity index (χ1n) is 8.85. The Morgan fingerprint density at radius 3 is 2.35 bits per heavy atom. The summed E-state index contributed by atoms with van der Waals surface area (Å²) in [6.07, 6.45) is 0. The fourth-order valence-corrected chi connectivity index (χ4v) is 3.31. The van der Waals surface area contributed by atoms with E-state index in [1.807, 2.05) is 64.1 Å². The number of hydrogen-bond donors (Lipinski definition) is 3. The van der Waals surface area contributed by atoms with Gasteiger partial charge in [0, 0.05) is 17.2 Å². The molecule has 26 heavy (non-hydrogen) atoms. The number of nitrogens with one attached hydrogen (secondary N) is 1. The molecule has 0 saturated carbocycles. The minimum atomic E-state index is -0.00935. The summed E-state index contributed by atoms with van der Waals surface area (Å²) in [5, 5.41) is 18.3. The highest BCUT2D eigenvalue weighted by molar-refractivity contribution is 7.99. The Balaban J connectivity index is 0.000000793. The molecule has 0 bridgehead atoms. The summed E-state index contributed by atoms with van der Waals surface area (Å²) in [5.41, 5.74) is 5.66. The molecule has 0 unspecified atom stereocenters. The quantitative estimate of drug-likeness (QED) is 0.530. The smallest absolute Gasteiger partial charge is 0.121 e. The van der Waals surface area contributed by atoms with Crippen molar-refractivity contribution in [3.05, 3.63) is 58.6 Å². The van der Waals surface area contributed by atoms with Crippen LogP contribution < -0.4 is 5.48 Å². The molecule has 0 aliphatic carbocycles. The van der Waals surface area contributed by atoms with E-state index in [0.717, 1.165) is 16.8 Å². The summed E-state index contributed by atoms with van der Waals surface area (Å²) < 4.78 is 0. The number of aliphatic hydroxyl groups excluding tert-OH is 1. The van der Waals surface area contributed by atoms with Gasteiger partial charge in [0.05, 0.1) is 10.9 Å². The Kier molecular flexibility index (Phi) is 13.9. The third-order valence-electron chi connectivity index (χ3n) is 2.99. The highest BCUT2D eigenvalue weighted by atomic mass is 35.5. The summed E-state index contributed by atoms with van der Waals surface area (Å²) in [5.74, 6) is 0.776. The molecule has 0 amide bonds. The van der Waals surface area contributed by atoms with Gasteiger partial charge in [-0.1, -0.05) is 57.5 Å². The van der Waals surface area contributed by atoms with Gasteiger partial charge < -0.3 is 10.2 Å². The number of rotatable bonds is 1. The number of benzene rings is 2. The third kappa shape index (κ3) is 7.46. The molecule has 3 rings (SSSR count). The molecule has 1 atom stereocenters. The van der Waals surface area contributed by atoms with Crippen LogP contribution in [-0.2, 0) is 4.84 Å². The second kappa shape index (κ2) is 14.7. The minimum Gasteiger partial charge on any atom is -0.508 e. The molecular formula is C20H30ClNO3S. The van der Waals surface area contributed by atoms with E-state index >= 15 is 0 Å². The molecule has 0 aromatic heterocycles. The number of aliphatic hydroxyl groups is 1. The Labute approximate surface area is 166 Å². The van der Waals surface area contributed by atoms with Gasteiger partial charge >= 0.3 is 0 Å². The van der Waals surface area contributed by atoms with Crippen LogP contribution in [0.1, 0.15) is 51.0 Å². The van der Waals surface area contributed by atoms with Crippen LogP contribution >= 0.6 is 23.4 Å². The zero-order chi connectivity index (χ0) is 19.9. The van der Waals surface area contributed by atoms with Crippen LogP contribution in [0.25, 0.3) is 0 Å². The van der Waals surface area contributed by atoms with E-state index in [2.05, 4.69) is 5.48 Å². The molecule has 0 spiro atoms. The van der Waals surface area contributed by atoms with E-state index in [-0.39, 0.29) is 17.6 Å². The number of phenolic OH excluding ortho intramolecular Hbond substituents is 1. The van der Waals surface area contributed by atoms with Crippen LogP contribution in [0.3, 0.4) is 0 Å². The summed E-state index contributed by atoms with van der Waals surface area (Å²) in [7, 11) is 0. The average Bonchev–Trinajstić information content (AvgIpc) is 2.88. The van der Waals surface area contributed by atoms with E-state index in [0.29, 0.717) is 11.0 Å². The van der Waals surface area contributed by atoms with Crippen molar-refractivity contribution in [1.29, 1.82) is 0 Å². The Morgan fingerprint density at radius 2 is 1.73 bits per heavy atom. The maximum absolute atomic E-state index is 10.0. The number of thioether (sulfide) groups is 1. The van der Waals surface area contributed by atoms with Gasteiger partial charge in [0.25, 0.3) is 0 Å². The van der Waals surface area contributed by atoms with Crippen LogP contribution in [0.5, 0.6) is 5.75 Å². The summed E-state index contributed by atoms with van der Waals surface area (Å²) in [6, 6.07) is 12.9. The molecule has 1 aliphatic rings.